The zero-order valence-corrected chi connectivity index (χ0v) is 13.4. The zero-order valence-electron chi connectivity index (χ0n) is 11.0. The molecule has 0 radical (unpaired) electrons. The van der Waals surface area contributed by atoms with Crippen LogP contribution in [0.2, 0.25) is 0 Å². The molecule has 1 N–H and O–H groups in total. The van der Waals surface area contributed by atoms with Gasteiger partial charge in [-0.1, -0.05) is 46.3 Å². The Morgan fingerprint density at radius 3 is 2.57 bits per heavy atom. The van der Waals surface area contributed by atoms with E-state index in [1.807, 2.05) is 12.1 Å². The molecular weight excluding hydrogens is 344 g/mol. The molecule has 0 unspecified atom stereocenters. The summed E-state index contributed by atoms with van der Waals surface area (Å²) in [6, 6.07) is 20.9. The first-order valence-electron chi connectivity index (χ1n) is 6.62. The van der Waals surface area contributed by atoms with Crippen LogP contribution in [0, 0.1) is 4.77 Å². The molecule has 2 nitrogen and oxygen atoms in total. The SMILES string of the molecule is S=c1[nH]c2ccc(Br)cc2n1-c1ccc2ccccc2c1. The fourth-order valence-corrected chi connectivity index (χ4v) is 3.31. The average molecular weight is 355 g/mol. The lowest BCUT2D eigenvalue weighted by Crippen LogP contribution is -1.93. The number of nitrogens with one attached hydrogen (secondary N) is 1. The number of rotatable bonds is 1. The molecule has 1 aromatic heterocycles. The van der Waals surface area contributed by atoms with Crippen molar-refractivity contribution >= 4 is 50.0 Å². The summed E-state index contributed by atoms with van der Waals surface area (Å²) in [7, 11) is 0. The number of H-pyrrole nitrogens is 1. The Morgan fingerprint density at radius 1 is 0.905 bits per heavy atom. The summed E-state index contributed by atoms with van der Waals surface area (Å²) in [5.74, 6) is 0. The molecule has 0 atom stereocenters. The van der Waals surface area contributed by atoms with E-state index in [-0.39, 0.29) is 0 Å². The maximum atomic E-state index is 5.49. The number of nitrogens with zero attached hydrogens (tertiary/aromatic N) is 1. The molecule has 4 aromatic rings. The highest BCUT2D eigenvalue weighted by molar-refractivity contribution is 9.10. The highest BCUT2D eigenvalue weighted by atomic mass is 79.9. The fourth-order valence-electron chi connectivity index (χ4n) is 2.65. The van der Waals surface area contributed by atoms with Gasteiger partial charge in [0.05, 0.1) is 11.0 Å². The van der Waals surface area contributed by atoms with Gasteiger partial charge in [0.15, 0.2) is 4.77 Å². The van der Waals surface area contributed by atoms with E-state index in [0.717, 1.165) is 21.2 Å². The summed E-state index contributed by atoms with van der Waals surface area (Å²) in [6.45, 7) is 0. The summed E-state index contributed by atoms with van der Waals surface area (Å²) in [5.41, 5.74) is 3.18. The van der Waals surface area contributed by atoms with Crippen molar-refractivity contribution < 1.29 is 0 Å². The van der Waals surface area contributed by atoms with Gasteiger partial charge in [-0.05, 0) is 53.3 Å². The number of fused-ring (bicyclic) bond motifs is 2. The second-order valence-electron chi connectivity index (χ2n) is 4.96. The molecule has 0 aliphatic carbocycles. The first kappa shape index (κ1) is 12.8. The minimum atomic E-state index is 0.707. The van der Waals surface area contributed by atoms with Crippen LogP contribution in [0.4, 0.5) is 0 Å². The molecule has 0 aliphatic heterocycles. The van der Waals surface area contributed by atoms with Gasteiger partial charge in [-0.25, -0.2) is 0 Å². The van der Waals surface area contributed by atoms with Crippen molar-refractivity contribution in [1.82, 2.24) is 9.55 Å². The Labute approximate surface area is 135 Å². The van der Waals surface area contributed by atoms with Crippen molar-refractivity contribution in [2.75, 3.05) is 0 Å². The number of aromatic nitrogens is 2. The molecule has 3 aromatic carbocycles. The lowest BCUT2D eigenvalue weighted by Gasteiger charge is -2.06. The van der Waals surface area contributed by atoms with Crippen LogP contribution in [0.1, 0.15) is 0 Å². The van der Waals surface area contributed by atoms with Gasteiger partial charge < -0.3 is 4.98 Å². The molecule has 102 valence electrons. The van der Waals surface area contributed by atoms with Gasteiger partial charge in [-0.2, -0.15) is 0 Å². The Bertz CT molecular complexity index is 1030. The van der Waals surface area contributed by atoms with Crippen LogP contribution >= 0.6 is 28.1 Å². The van der Waals surface area contributed by atoms with E-state index in [4.69, 9.17) is 12.2 Å². The van der Waals surface area contributed by atoms with Crippen molar-refractivity contribution in [2.24, 2.45) is 0 Å². The lowest BCUT2D eigenvalue weighted by molar-refractivity contribution is 1.07. The molecule has 21 heavy (non-hydrogen) atoms. The van der Waals surface area contributed by atoms with Gasteiger partial charge in [-0.15, -0.1) is 0 Å². The molecule has 0 amide bonds. The van der Waals surface area contributed by atoms with E-state index in [1.54, 1.807) is 0 Å². The summed E-state index contributed by atoms with van der Waals surface area (Å²) >= 11 is 9.02. The number of benzene rings is 3. The van der Waals surface area contributed by atoms with Crippen molar-refractivity contribution in [1.29, 1.82) is 0 Å². The first-order valence-corrected chi connectivity index (χ1v) is 7.82. The van der Waals surface area contributed by atoms with E-state index in [0.29, 0.717) is 4.77 Å². The fraction of sp³-hybridized carbons (Fsp3) is 0. The van der Waals surface area contributed by atoms with Crippen LogP contribution < -0.4 is 0 Å². The topological polar surface area (TPSA) is 20.7 Å². The van der Waals surface area contributed by atoms with Crippen molar-refractivity contribution in [3.05, 3.63) is 69.9 Å². The third-order valence-electron chi connectivity index (χ3n) is 3.64. The molecule has 0 bridgehead atoms. The van der Waals surface area contributed by atoms with E-state index in [9.17, 15) is 0 Å². The zero-order chi connectivity index (χ0) is 14.4. The van der Waals surface area contributed by atoms with Gasteiger partial charge in [-0.3, -0.25) is 4.57 Å². The third-order valence-corrected chi connectivity index (χ3v) is 4.41. The standard InChI is InChI=1S/C17H11BrN2S/c18-13-6-8-15-16(10-13)20(17(21)19-15)14-7-5-11-3-1-2-4-12(11)9-14/h1-10H,(H,19,21). The van der Waals surface area contributed by atoms with Gasteiger partial charge in [0.1, 0.15) is 0 Å². The highest BCUT2D eigenvalue weighted by Crippen LogP contribution is 2.25. The third kappa shape index (κ3) is 2.11. The molecule has 0 saturated carbocycles. The van der Waals surface area contributed by atoms with Gasteiger partial charge in [0.2, 0.25) is 0 Å². The van der Waals surface area contributed by atoms with E-state index < -0.39 is 0 Å². The van der Waals surface area contributed by atoms with Crippen LogP contribution in [0.5, 0.6) is 0 Å². The van der Waals surface area contributed by atoms with E-state index in [1.165, 1.54) is 10.8 Å². The monoisotopic (exact) mass is 354 g/mol. The predicted molar refractivity (Wildman–Crippen MR) is 93.7 cm³/mol. The highest BCUT2D eigenvalue weighted by Gasteiger charge is 2.07. The van der Waals surface area contributed by atoms with Crippen LogP contribution in [0.15, 0.2) is 65.1 Å². The second-order valence-corrected chi connectivity index (χ2v) is 6.26. The lowest BCUT2D eigenvalue weighted by atomic mass is 10.1. The molecule has 0 fully saturated rings. The van der Waals surface area contributed by atoms with Crippen molar-refractivity contribution in [3.8, 4) is 5.69 Å². The maximum Gasteiger partial charge on any atom is 0.182 e. The molecular formula is C17H11BrN2S. The van der Waals surface area contributed by atoms with Gasteiger partial charge in [0.25, 0.3) is 0 Å². The molecule has 0 aliphatic rings. The van der Waals surface area contributed by atoms with E-state index in [2.05, 4.69) is 74.0 Å². The summed E-state index contributed by atoms with van der Waals surface area (Å²) < 4.78 is 3.82. The number of imidazole rings is 1. The van der Waals surface area contributed by atoms with Crippen molar-refractivity contribution in [3.63, 3.8) is 0 Å². The maximum absolute atomic E-state index is 5.49. The van der Waals surface area contributed by atoms with Gasteiger partial charge >= 0.3 is 0 Å². The second kappa shape index (κ2) is 4.83. The molecule has 4 heteroatoms. The molecule has 1 heterocycles. The number of halogens is 1. The molecule has 4 rings (SSSR count). The van der Waals surface area contributed by atoms with Crippen LogP contribution in [-0.4, -0.2) is 9.55 Å². The average Bonchev–Trinajstić information content (AvgIpc) is 2.82. The van der Waals surface area contributed by atoms with Crippen LogP contribution in [-0.2, 0) is 0 Å². The molecule has 0 saturated heterocycles. The smallest absolute Gasteiger partial charge is 0.182 e. The van der Waals surface area contributed by atoms with E-state index >= 15 is 0 Å². The minimum absolute atomic E-state index is 0.707. The Kier molecular flexibility index (Phi) is 2.94. The molecule has 0 spiro atoms. The van der Waals surface area contributed by atoms with Crippen LogP contribution in [0.3, 0.4) is 0 Å². The number of hydrogen-bond donors (Lipinski definition) is 1. The number of aromatic amines is 1. The van der Waals surface area contributed by atoms with Crippen molar-refractivity contribution in [2.45, 2.75) is 0 Å². The van der Waals surface area contributed by atoms with Crippen LogP contribution in [0.25, 0.3) is 27.5 Å². The summed E-state index contributed by atoms with van der Waals surface area (Å²) in [4.78, 5) is 3.26. The Hall–Kier alpha value is -1.91. The minimum Gasteiger partial charge on any atom is -0.330 e. The normalized spacial score (nSPS) is 11.3. The summed E-state index contributed by atoms with van der Waals surface area (Å²) in [5, 5.41) is 2.44. The Morgan fingerprint density at radius 2 is 1.71 bits per heavy atom. The first-order chi connectivity index (χ1) is 10.2. The summed E-state index contributed by atoms with van der Waals surface area (Å²) in [6.07, 6.45) is 0. The largest absolute Gasteiger partial charge is 0.330 e. The predicted octanol–water partition coefficient (Wildman–Crippen LogP) is 5.60. The Balaban J connectivity index is 2.05. The quantitative estimate of drug-likeness (QED) is 0.441. The van der Waals surface area contributed by atoms with Gasteiger partial charge in [0, 0.05) is 10.2 Å². The number of hydrogen-bond acceptors (Lipinski definition) is 1.